The Hall–Kier alpha value is -3.33. The fourth-order valence-electron chi connectivity index (χ4n) is 2.46. The van der Waals surface area contributed by atoms with Crippen LogP contribution in [0.2, 0.25) is 0 Å². The average molecular weight is 442 g/mol. The number of benzene rings is 2. The molecule has 2 aromatic carbocycles. The smallest absolute Gasteiger partial charge is 0.338 e. The predicted octanol–water partition coefficient (Wildman–Crippen LogP) is 4.25. The minimum absolute atomic E-state index is 0.0706. The maximum atomic E-state index is 12.2. The summed E-state index contributed by atoms with van der Waals surface area (Å²) in [6, 6.07) is 14.2. The van der Waals surface area contributed by atoms with E-state index in [-0.39, 0.29) is 29.6 Å². The highest BCUT2D eigenvalue weighted by atomic mass is 32.2. The summed E-state index contributed by atoms with van der Waals surface area (Å²) in [5.74, 6) is 0.389. The molecule has 3 rings (SSSR count). The van der Waals surface area contributed by atoms with Crippen molar-refractivity contribution < 1.29 is 23.5 Å². The van der Waals surface area contributed by atoms with Crippen LogP contribution in [0.5, 0.6) is 5.75 Å². The third-order valence-electron chi connectivity index (χ3n) is 3.88. The van der Waals surface area contributed by atoms with Gasteiger partial charge < -0.3 is 19.2 Å². The van der Waals surface area contributed by atoms with Gasteiger partial charge in [-0.05, 0) is 51.1 Å². The number of rotatable bonds is 9. The molecule has 31 heavy (non-hydrogen) atoms. The van der Waals surface area contributed by atoms with Crippen LogP contribution in [0.1, 0.15) is 35.7 Å². The van der Waals surface area contributed by atoms with Crippen molar-refractivity contribution in [1.29, 1.82) is 0 Å². The molecule has 3 aromatic rings. The van der Waals surface area contributed by atoms with Gasteiger partial charge in [0.25, 0.3) is 11.1 Å². The Bertz CT molecular complexity index is 1030. The molecule has 1 N–H and O–H groups in total. The Morgan fingerprint density at radius 2 is 1.90 bits per heavy atom. The maximum absolute atomic E-state index is 12.2. The predicted molar refractivity (Wildman–Crippen MR) is 116 cm³/mol. The van der Waals surface area contributed by atoms with E-state index in [4.69, 9.17) is 13.9 Å². The van der Waals surface area contributed by atoms with Gasteiger partial charge in [-0.15, -0.1) is 10.2 Å². The third-order valence-corrected chi connectivity index (χ3v) is 4.70. The zero-order chi connectivity index (χ0) is 22.2. The summed E-state index contributed by atoms with van der Waals surface area (Å²) in [5, 5.41) is 10.8. The third kappa shape index (κ3) is 7.14. The Balaban J connectivity index is 1.47. The second kappa shape index (κ2) is 10.6. The number of amides is 1. The summed E-state index contributed by atoms with van der Waals surface area (Å²) < 4.78 is 16.3. The molecule has 0 radical (unpaired) electrons. The lowest BCUT2D eigenvalue weighted by atomic mass is 10.2. The molecule has 0 saturated heterocycles. The Morgan fingerprint density at radius 3 is 2.65 bits per heavy atom. The molecular weight excluding hydrogens is 418 g/mol. The second-order valence-corrected chi connectivity index (χ2v) is 7.86. The number of nitrogens with one attached hydrogen (secondary N) is 1. The number of thioether (sulfide) groups is 1. The number of hydrogen-bond donors (Lipinski definition) is 1. The van der Waals surface area contributed by atoms with Crippen molar-refractivity contribution in [3.05, 3.63) is 65.5 Å². The normalized spacial score (nSPS) is 10.7. The largest absolute Gasteiger partial charge is 0.484 e. The van der Waals surface area contributed by atoms with E-state index < -0.39 is 5.97 Å². The van der Waals surface area contributed by atoms with E-state index in [0.29, 0.717) is 22.9 Å². The van der Waals surface area contributed by atoms with Gasteiger partial charge in [0.15, 0.2) is 6.61 Å². The van der Waals surface area contributed by atoms with E-state index in [1.807, 2.05) is 31.2 Å². The molecule has 0 spiro atoms. The summed E-state index contributed by atoms with van der Waals surface area (Å²) >= 11 is 1.11. The van der Waals surface area contributed by atoms with Crippen LogP contribution in [0.15, 0.2) is 58.2 Å². The van der Waals surface area contributed by atoms with Crippen LogP contribution in [0.4, 0.5) is 5.69 Å². The van der Waals surface area contributed by atoms with Crippen LogP contribution in [0.3, 0.4) is 0 Å². The molecule has 0 bridgehead atoms. The van der Waals surface area contributed by atoms with Crippen LogP contribution in [0.25, 0.3) is 0 Å². The highest BCUT2D eigenvalue weighted by molar-refractivity contribution is 7.99. The number of ether oxygens (including phenoxy) is 2. The molecule has 0 unspecified atom stereocenters. The van der Waals surface area contributed by atoms with Crippen molar-refractivity contribution in [2.75, 3.05) is 11.1 Å². The number of aromatic nitrogens is 2. The fourth-order valence-corrected chi connectivity index (χ4v) is 3.05. The first kappa shape index (κ1) is 22.4. The molecule has 8 nitrogen and oxygen atoms in total. The van der Waals surface area contributed by atoms with E-state index >= 15 is 0 Å². The van der Waals surface area contributed by atoms with Crippen molar-refractivity contribution in [2.45, 2.75) is 38.7 Å². The molecule has 0 saturated carbocycles. The average Bonchev–Trinajstić information content (AvgIpc) is 3.19. The summed E-state index contributed by atoms with van der Waals surface area (Å²) in [6.45, 7) is 5.69. The molecule has 1 aromatic heterocycles. The van der Waals surface area contributed by atoms with Crippen molar-refractivity contribution in [3.63, 3.8) is 0 Å². The van der Waals surface area contributed by atoms with Gasteiger partial charge in [-0.25, -0.2) is 4.79 Å². The SMILES string of the molecule is Cc1ccc(OCc2nnc(SCC(=O)Nc3cccc(C(=O)OC(C)C)c3)o2)cc1. The van der Waals surface area contributed by atoms with E-state index in [1.54, 1.807) is 38.1 Å². The van der Waals surface area contributed by atoms with Gasteiger partial charge in [0.2, 0.25) is 5.91 Å². The first-order chi connectivity index (χ1) is 14.9. The van der Waals surface area contributed by atoms with Crippen LogP contribution in [-0.4, -0.2) is 33.9 Å². The molecule has 162 valence electrons. The molecule has 9 heteroatoms. The van der Waals surface area contributed by atoms with Crippen LogP contribution in [-0.2, 0) is 16.1 Å². The van der Waals surface area contributed by atoms with Crippen molar-refractivity contribution in [1.82, 2.24) is 10.2 Å². The zero-order valence-electron chi connectivity index (χ0n) is 17.5. The maximum Gasteiger partial charge on any atom is 0.338 e. The lowest BCUT2D eigenvalue weighted by Crippen LogP contribution is -2.15. The van der Waals surface area contributed by atoms with Gasteiger partial charge in [0.1, 0.15) is 5.75 Å². The Labute approximate surface area is 184 Å². The Morgan fingerprint density at radius 1 is 1.13 bits per heavy atom. The van der Waals surface area contributed by atoms with Crippen LogP contribution < -0.4 is 10.1 Å². The number of aryl methyl sites for hydroxylation is 1. The molecule has 1 heterocycles. The van der Waals surface area contributed by atoms with E-state index in [0.717, 1.165) is 17.3 Å². The standard InChI is InChI=1S/C22H23N3O5S/c1-14(2)29-21(27)16-5-4-6-17(11-16)23-19(26)13-31-22-25-24-20(30-22)12-28-18-9-7-15(3)8-10-18/h4-11,14H,12-13H2,1-3H3,(H,23,26). The van der Waals surface area contributed by atoms with Gasteiger partial charge >= 0.3 is 5.97 Å². The van der Waals surface area contributed by atoms with Gasteiger partial charge in [-0.1, -0.05) is 35.5 Å². The zero-order valence-corrected chi connectivity index (χ0v) is 18.3. The van der Waals surface area contributed by atoms with E-state index in [9.17, 15) is 9.59 Å². The van der Waals surface area contributed by atoms with Gasteiger partial charge in [-0.2, -0.15) is 0 Å². The first-order valence-electron chi connectivity index (χ1n) is 9.64. The summed E-state index contributed by atoms with van der Waals surface area (Å²) in [6.07, 6.45) is -0.219. The number of nitrogens with zero attached hydrogens (tertiary/aromatic N) is 2. The minimum atomic E-state index is -0.438. The number of esters is 1. The number of anilines is 1. The monoisotopic (exact) mass is 441 g/mol. The lowest BCUT2D eigenvalue weighted by molar-refractivity contribution is -0.113. The van der Waals surface area contributed by atoms with Gasteiger partial charge in [0, 0.05) is 5.69 Å². The molecule has 0 aliphatic heterocycles. The van der Waals surface area contributed by atoms with Crippen LogP contribution in [0, 0.1) is 6.92 Å². The molecule has 0 fully saturated rings. The summed E-state index contributed by atoms with van der Waals surface area (Å²) in [4.78, 5) is 24.2. The summed E-state index contributed by atoms with van der Waals surface area (Å²) in [5.41, 5.74) is 2.01. The molecular formula is C22H23N3O5S. The Kier molecular flexibility index (Phi) is 7.66. The van der Waals surface area contributed by atoms with Crippen LogP contribution >= 0.6 is 11.8 Å². The number of carbonyl (C=O) groups is 2. The van der Waals surface area contributed by atoms with Crippen molar-refractivity contribution >= 4 is 29.3 Å². The first-order valence-corrected chi connectivity index (χ1v) is 10.6. The molecule has 0 aliphatic rings. The number of carbonyl (C=O) groups excluding carboxylic acids is 2. The van der Waals surface area contributed by atoms with Crippen molar-refractivity contribution in [3.8, 4) is 5.75 Å². The summed E-state index contributed by atoms with van der Waals surface area (Å²) in [7, 11) is 0. The fraction of sp³-hybridized carbons (Fsp3) is 0.273. The molecule has 0 atom stereocenters. The highest BCUT2D eigenvalue weighted by Gasteiger charge is 2.13. The second-order valence-electron chi connectivity index (χ2n) is 6.94. The highest BCUT2D eigenvalue weighted by Crippen LogP contribution is 2.19. The van der Waals surface area contributed by atoms with E-state index in [1.165, 1.54) is 0 Å². The topological polar surface area (TPSA) is 104 Å². The molecule has 0 aliphatic carbocycles. The van der Waals surface area contributed by atoms with Gasteiger partial charge in [0.05, 0.1) is 17.4 Å². The van der Waals surface area contributed by atoms with Crippen molar-refractivity contribution in [2.24, 2.45) is 0 Å². The lowest BCUT2D eigenvalue weighted by Gasteiger charge is -2.09. The number of hydrogen-bond acceptors (Lipinski definition) is 8. The molecule has 1 amide bonds. The van der Waals surface area contributed by atoms with E-state index in [2.05, 4.69) is 15.5 Å². The minimum Gasteiger partial charge on any atom is -0.484 e. The quantitative estimate of drug-likeness (QED) is 0.388. The van der Waals surface area contributed by atoms with Gasteiger partial charge in [-0.3, -0.25) is 4.79 Å².